The topological polar surface area (TPSA) is 44.8 Å². The van der Waals surface area contributed by atoms with Gasteiger partial charge in [0.05, 0.1) is 11.5 Å². The van der Waals surface area contributed by atoms with E-state index in [9.17, 15) is 26.7 Å². The summed E-state index contributed by atoms with van der Waals surface area (Å²) in [6.07, 6.45) is -1.39. The van der Waals surface area contributed by atoms with E-state index < -0.39 is 29.5 Å². The van der Waals surface area contributed by atoms with Gasteiger partial charge in [0.2, 0.25) is 0 Å². The van der Waals surface area contributed by atoms with E-state index in [4.69, 9.17) is 0 Å². The number of nitrogens with one attached hydrogen (secondary N) is 1. The number of nitrogens with zero attached hydrogens (tertiary/aromatic N) is 2. The van der Waals surface area contributed by atoms with Gasteiger partial charge in [-0.3, -0.25) is 9.69 Å². The first-order chi connectivity index (χ1) is 19.1. The van der Waals surface area contributed by atoms with E-state index in [0.717, 1.165) is 49.4 Å². The van der Waals surface area contributed by atoms with Crippen LogP contribution in [0.3, 0.4) is 0 Å². The molecule has 3 aromatic carbocycles. The minimum Gasteiger partial charge on any atom is -0.406 e. The Bertz CT molecular complexity index is 1410. The second-order valence-corrected chi connectivity index (χ2v) is 10.9. The lowest BCUT2D eigenvalue weighted by Crippen LogP contribution is -2.70. The number of rotatable bonds is 5. The van der Waals surface area contributed by atoms with Crippen LogP contribution in [0.25, 0.3) is 0 Å². The Kier molecular flexibility index (Phi) is 6.68. The summed E-state index contributed by atoms with van der Waals surface area (Å²) in [6, 6.07) is 15.0. The molecule has 2 fully saturated rings. The average molecular weight is 558 g/mol. The molecule has 40 heavy (non-hydrogen) atoms. The number of ether oxygens (including phenoxy) is 1. The van der Waals surface area contributed by atoms with Crippen molar-refractivity contribution < 1.29 is 31.5 Å². The number of anilines is 2. The highest BCUT2D eigenvalue weighted by atomic mass is 19.4. The number of carbonyl (C=O) groups is 1. The summed E-state index contributed by atoms with van der Waals surface area (Å²) in [5.41, 5.74) is 2.76. The first-order valence-electron chi connectivity index (χ1n) is 13.3. The number of halogens is 5. The van der Waals surface area contributed by atoms with Gasteiger partial charge in [-0.25, -0.2) is 8.78 Å². The van der Waals surface area contributed by atoms with Crippen molar-refractivity contribution in [3.05, 3.63) is 89.0 Å². The molecule has 210 valence electrons. The van der Waals surface area contributed by atoms with E-state index in [1.807, 2.05) is 23.1 Å². The molecule has 0 amide bonds. The van der Waals surface area contributed by atoms with Crippen molar-refractivity contribution in [3.8, 4) is 5.75 Å². The molecule has 1 spiro atoms. The largest absolute Gasteiger partial charge is 0.573 e. The van der Waals surface area contributed by atoms with Gasteiger partial charge in [-0.05, 0) is 72.9 Å². The van der Waals surface area contributed by atoms with E-state index >= 15 is 0 Å². The molecule has 6 rings (SSSR count). The predicted octanol–water partition coefficient (Wildman–Crippen LogP) is 6.50. The summed E-state index contributed by atoms with van der Waals surface area (Å²) in [6.45, 7) is 3.12. The van der Waals surface area contributed by atoms with Gasteiger partial charge in [0.1, 0.15) is 5.75 Å². The first kappa shape index (κ1) is 26.6. The van der Waals surface area contributed by atoms with Crippen molar-refractivity contribution in [3.63, 3.8) is 0 Å². The molecule has 2 saturated heterocycles. The number of Topliss-reactive ketones (excluding diaryl/α,β-unsaturated/α-hetero) is 1. The summed E-state index contributed by atoms with van der Waals surface area (Å²) in [5, 5.41) is 3.62. The van der Waals surface area contributed by atoms with Crippen LogP contribution < -0.4 is 15.0 Å². The molecule has 0 aromatic heterocycles. The minimum absolute atomic E-state index is 0.115. The molecular formula is C30H28F5N3O2. The minimum atomic E-state index is -4.82. The van der Waals surface area contributed by atoms with Gasteiger partial charge in [-0.2, -0.15) is 0 Å². The number of hydrogen-bond donors (Lipinski definition) is 1. The third-order valence-electron chi connectivity index (χ3n) is 8.04. The number of fused-ring (bicyclic) bond motifs is 1. The van der Waals surface area contributed by atoms with Gasteiger partial charge in [-0.1, -0.05) is 18.2 Å². The Balaban J connectivity index is 1.31. The van der Waals surface area contributed by atoms with Crippen molar-refractivity contribution in [2.75, 3.05) is 36.4 Å². The molecule has 3 aliphatic rings. The highest BCUT2D eigenvalue weighted by Crippen LogP contribution is 2.47. The molecule has 0 radical (unpaired) electrons. The maximum Gasteiger partial charge on any atom is 0.573 e. The Hall–Kier alpha value is -3.66. The number of ketones is 1. The van der Waals surface area contributed by atoms with Crippen molar-refractivity contribution >= 4 is 17.2 Å². The molecule has 1 atom stereocenters. The van der Waals surface area contributed by atoms with Gasteiger partial charge < -0.3 is 15.0 Å². The fourth-order valence-electron chi connectivity index (χ4n) is 6.30. The summed E-state index contributed by atoms with van der Waals surface area (Å²) in [7, 11) is 0. The van der Waals surface area contributed by atoms with Crippen LogP contribution in [0.1, 0.15) is 46.7 Å². The molecule has 0 bridgehead atoms. The van der Waals surface area contributed by atoms with E-state index in [0.29, 0.717) is 36.3 Å². The fourth-order valence-corrected chi connectivity index (χ4v) is 6.30. The molecule has 3 aromatic rings. The number of likely N-dealkylation sites (tertiary alicyclic amines) is 1. The Morgan fingerprint density at radius 3 is 2.30 bits per heavy atom. The lowest BCUT2D eigenvalue weighted by Gasteiger charge is -2.56. The normalized spacial score (nSPS) is 20.6. The maximum atomic E-state index is 14.0. The van der Waals surface area contributed by atoms with Crippen LogP contribution >= 0.6 is 0 Å². The Labute approximate surface area is 228 Å². The van der Waals surface area contributed by atoms with Gasteiger partial charge in [0.25, 0.3) is 0 Å². The zero-order chi connectivity index (χ0) is 28.1. The smallest absolute Gasteiger partial charge is 0.406 e. The standard InChI is InChI=1S/C30H28F5N3O2/c31-24-11-4-19(14-25(24)32)16-37-17-29(18-37)27(20-5-8-22(9-6-20)40-30(33,34)35)28(39)23-10-7-21(15-26(23)36-29)38-12-2-1-3-13-38/h4-11,14-15,27,36H,1-3,12-13,16-18H2. The van der Waals surface area contributed by atoms with Crippen LogP contribution in [0.15, 0.2) is 60.7 Å². The lowest BCUT2D eigenvalue weighted by atomic mass is 9.67. The number of hydrogen-bond acceptors (Lipinski definition) is 5. The first-order valence-corrected chi connectivity index (χ1v) is 13.3. The molecule has 3 aliphatic heterocycles. The van der Waals surface area contributed by atoms with Gasteiger partial charge >= 0.3 is 6.36 Å². The highest BCUT2D eigenvalue weighted by molar-refractivity contribution is 6.09. The van der Waals surface area contributed by atoms with Crippen molar-refractivity contribution in [1.82, 2.24) is 4.90 Å². The zero-order valence-electron chi connectivity index (χ0n) is 21.6. The zero-order valence-corrected chi connectivity index (χ0v) is 21.6. The van der Waals surface area contributed by atoms with Crippen LogP contribution in [0, 0.1) is 11.6 Å². The monoisotopic (exact) mass is 557 g/mol. The number of benzene rings is 3. The summed E-state index contributed by atoms with van der Waals surface area (Å²) in [5.74, 6) is -2.97. The van der Waals surface area contributed by atoms with Gasteiger partial charge in [0, 0.05) is 49.7 Å². The quantitative estimate of drug-likeness (QED) is 0.363. The Morgan fingerprint density at radius 2 is 1.62 bits per heavy atom. The van der Waals surface area contributed by atoms with Crippen LogP contribution in [0.5, 0.6) is 5.75 Å². The molecule has 10 heteroatoms. The van der Waals surface area contributed by atoms with E-state index in [1.165, 1.54) is 36.8 Å². The molecule has 0 aliphatic carbocycles. The predicted molar refractivity (Wildman–Crippen MR) is 141 cm³/mol. The van der Waals surface area contributed by atoms with Crippen molar-refractivity contribution in [2.24, 2.45) is 0 Å². The van der Waals surface area contributed by atoms with Gasteiger partial charge in [0.15, 0.2) is 17.4 Å². The van der Waals surface area contributed by atoms with Crippen LogP contribution in [-0.4, -0.2) is 48.8 Å². The average Bonchev–Trinajstić information content (AvgIpc) is 2.90. The second-order valence-electron chi connectivity index (χ2n) is 10.9. The Morgan fingerprint density at radius 1 is 0.900 bits per heavy atom. The maximum absolute atomic E-state index is 14.0. The highest BCUT2D eigenvalue weighted by Gasteiger charge is 2.55. The number of alkyl halides is 3. The third kappa shape index (κ3) is 5.12. The fraction of sp³-hybridized carbons (Fsp3) is 0.367. The molecule has 5 nitrogen and oxygen atoms in total. The lowest BCUT2D eigenvalue weighted by molar-refractivity contribution is -0.274. The third-order valence-corrected chi connectivity index (χ3v) is 8.04. The molecule has 1 N–H and O–H groups in total. The molecule has 0 saturated carbocycles. The number of carbonyl (C=O) groups excluding carboxylic acids is 1. The van der Waals surface area contributed by atoms with E-state index in [2.05, 4.69) is 15.0 Å². The van der Waals surface area contributed by atoms with Gasteiger partial charge in [-0.15, -0.1) is 13.2 Å². The number of piperidine rings is 1. The summed E-state index contributed by atoms with van der Waals surface area (Å²) < 4.78 is 69.4. The van der Waals surface area contributed by atoms with Crippen LogP contribution in [-0.2, 0) is 6.54 Å². The van der Waals surface area contributed by atoms with Crippen LogP contribution in [0.4, 0.5) is 33.3 Å². The molecule has 1 unspecified atom stereocenters. The van der Waals surface area contributed by atoms with E-state index in [1.54, 1.807) is 0 Å². The molecular weight excluding hydrogens is 529 g/mol. The van der Waals surface area contributed by atoms with Crippen molar-refractivity contribution in [1.29, 1.82) is 0 Å². The summed E-state index contributed by atoms with van der Waals surface area (Å²) >= 11 is 0. The van der Waals surface area contributed by atoms with Crippen molar-refractivity contribution in [2.45, 2.75) is 43.6 Å². The van der Waals surface area contributed by atoms with E-state index in [-0.39, 0.29) is 11.5 Å². The van der Waals surface area contributed by atoms with Crippen LogP contribution in [0.2, 0.25) is 0 Å². The second kappa shape index (κ2) is 10.1. The SMILES string of the molecule is O=C1c2ccc(N3CCCCC3)cc2NC2(CN(Cc3ccc(F)c(F)c3)C2)C1c1ccc(OC(F)(F)F)cc1. The molecule has 3 heterocycles. The summed E-state index contributed by atoms with van der Waals surface area (Å²) in [4.78, 5) is 18.3.